The lowest BCUT2D eigenvalue weighted by Crippen LogP contribution is -2.45. The number of rotatable bonds is 5. The minimum Gasteiger partial charge on any atom is -0.481 e. The summed E-state index contributed by atoms with van der Waals surface area (Å²) in [7, 11) is 0. The first-order chi connectivity index (χ1) is 9.36. The zero-order chi connectivity index (χ0) is 15.1. The van der Waals surface area contributed by atoms with Crippen LogP contribution in [0.15, 0.2) is 0 Å². The second-order valence-corrected chi connectivity index (χ2v) is 6.34. The van der Waals surface area contributed by atoms with Crippen molar-refractivity contribution in [3.63, 3.8) is 0 Å². The van der Waals surface area contributed by atoms with E-state index in [1.165, 1.54) is 4.90 Å². The van der Waals surface area contributed by atoms with Crippen molar-refractivity contribution in [3.8, 4) is 0 Å². The molecule has 1 aliphatic heterocycles. The molecular weight excluding hydrogens is 258 g/mol. The molecule has 0 radical (unpaired) electrons. The van der Waals surface area contributed by atoms with Gasteiger partial charge < -0.3 is 5.11 Å². The van der Waals surface area contributed by atoms with Crippen LogP contribution in [-0.4, -0.2) is 34.3 Å². The van der Waals surface area contributed by atoms with Gasteiger partial charge in [0, 0.05) is 6.54 Å². The Kier molecular flexibility index (Phi) is 3.89. The standard InChI is InChI=1S/C15H23NO4/c1-4-15(5-2,14(19)20)8-16-12(17)10-6-9(3)7-11(10)13(16)18/h9-11H,4-8H2,1-3H3,(H,19,20). The maximum Gasteiger partial charge on any atom is 0.311 e. The highest BCUT2D eigenvalue weighted by Crippen LogP contribution is 2.44. The second kappa shape index (κ2) is 5.19. The average Bonchev–Trinajstić information content (AvgIpc) is 2.88. The van der Waals surface area contributed by atoms with Crippen molar-refractivity contribution in [2.45, 2.75) is 46.5 Å². The van der Waals surface area contributed by atoms with E-state index in [1.807, 2.05) is 0 Å². The fraction of sp³-hybridized carbons (Fsp3) is 0.800. The molecule has 2 unspecified atom stereocenters. The molecule has 112 valence electrons. The Morgan fingerprint density at radius 2 is 1.65 bits per heavy atom. The van der Waals surface area contributed by atoms with Gasteiger partial charge in [0.15, 0.2) is 0 Å². The minimum atomic E-state index is -1.00. The van der Waals surface area contributed by atoms with Crippen molar-refractivity contribution >= 4 is 17.8 Å². The summed E-state index contributed by atoms with van der Waals surface area (Å²) in [6.07, 6.45) is 2.34. The van der Waals surface area contributed by atoms with Crippen molar-refractivity contribution in [1.82, 2.24) is 4.90 Å². The normalized spacial score (nSPS) is 29.9. The molecule has 0 aromatic heterocycles. The lowest BCUT2D eigenvalue weighted by molar-refractivity contribution is -0.154. The van der Waals surface area contributed by atoms with Crippen LogP contribution in [0.4, 0.5) is 0 Å². The number of carboxylic acid groups (broad SMARTS) is 1. The topological polar surface area (TPSA) is 74.7 Å². The first kappa shape index (κ1) is 15.0. The summed E-state index contributed by atoms with van der Waals surface area (Å²) in [6.45, 7) is 5.67. The van der Waals surface area contributed by atoms with E-state index in [1.54, 1.807) is 13.8 Å². The van der Waals surface area contributed by atoms with Crippen molar-refractivity contribution < 1.29 is 19.5 Å². The zero-order valence-corrected chi connectivity index (χ0v) is 12.4. The SMILES string of the molecule is CCC(CC)(CN1C(=O)C2CC(C)CC2C1=O)C(=O)O. The predicted molar refractivity (Wildman–Crippen MR) is 72.7 cm³/mol. The van der Waals surface area contributed by atoms with Crippen LogP contribution in [-0.2, 0) is 14.4 Å². The van der Waals surface area contributed by atoms with E-state index in [0.717, 1.165) is 12.8 Å². The van der Waals surface area contributed by atoms with Gasteiger partial charge in [-0.15, -0.1) is 0 Å². The van der Waals surface area contributed by atoms with Gasteiger partial charge in [0.25, 0.3) is 0 Å². The number of likely N-dealkylation sites (tertiary alicyclic amines) is 1. The van der Waals surface area contributed by atoms with E-state index in [-0.39, 0.29) is 30.2 Å². The second-order valence-electron chi connectivity index (χ2n) is 6.34. The summed E-state index contributed by atoms with van der Waals surface area (Å²) in [5, 5.41) is 9.45. The molecule has 0 bridgehead atoms. The van der Waals surface area contributed by atoms with Crippen LogP contribution in [0.3, 0.4) is 0 Å². The van der Waals surface area contributed by atoms with Crippen LogP contribution in [0.2, 0.25) is 0 Å². The van der Waals surface area contributed by atoms with Gasteiger partial charge >= 0.3 is 5.97 Å². The lowest BCUT2D eigenvalue weighted by atomic mass is 9.82. The van der Waals surface area contributed by atoms with Gasteiger partial charge in [0.05, 0.1) is 17.3 Å². The van der Waals surface area contributed by atoms with Gasteiger partial charge in [-0.1, -0.05) is 20.8 Å². The molecule has 1 saturated carbocycles. The van der Waals surface area contributed by atoms with E-state index in [9.17, 15) is 19.5 Å². The van der Waals surface area contributed by atoms with Crippen LogP contribution in [0.1, 0.15) is 46.5 Å². The monoisotopic (exact) mass is 281 g/mol. The van der Waals surface area contributed by atoms with E-state index in [0.29, 0.717) is 18.8 Å². The van der Waals surface area contributed by atoms with Crippen LogP contribution >= 0.6 is 0 Å². The summed E-state index contributed by atoms with van der Waals surface area (Å²) < 4.78 is 0. The number of fused-ring (bicyclic) bond motifs is 1. The van der Waals surface area contributed by atoms with Crippen molar-refractivity contribution in [2.24, 2.45) is 23.2 Å². The van der Waals surface area contributed by atoms with Crippen molar-refractivity contribution in [2.75, 3.05) is 6.54 Å². The van der Waals surface area contributed by atoms with E-state index < -0.39 is 11.4 Å². The molecular formula is C15H23NO4. The van der Waals surface area contributed by atoms with Gasteiger partial charge in [0.2, 0.25) is 11.8 Å². The zero-order valence-electron chi connectivity index (χ0n) is 12.4. The minimum absolute atomic E-state index is 0.0222. The van der Waals surface area contributed by atoms with Crippen LogP contribution < -0.4 is 0 Å². The third kappa shape index (κ3) is 2.13. The van der Waals surface area contributed by atoms with Gasteiger partial charge in [-0.2, -0.15) is 0 Å². The first-order valence-electron chi connectivity index (χ1n) is 7.45. The van der Waals surface area contributed by atoms with Crippen molar-refractivity contribution in [1.29, 1.82) is 0 Å². The maximum atomic E-state index is 12.4. The first-order valence-corrected chi connectivity index (χ1v) is 7.45. The third-order valence-corrected chi connectivity index (χ3v) is 5.23. The summed E-state index contributed by atoms with van der Waals surface area (Å²) in [4.78, 5) is 37.5. The Labute approximate surface area is 119 Å². The number of carbonyl (C=O) groups is 3. The molecule has 1 N–H and O–H groups in total. The highest BCUT2D eigenvalue weighted by Gasteiger charge is 2.53. The van der Waals surface area contributed by atoms with Gasteiger partial charge in [0.1, 0.15) is 0 Å². The van der Waals surface area contributed by atoms with E-state index >= 15 is 0 Å². The molecule has 2 atom stereocenters. The summed E-state index contributed by atoms with van der Waals surface area (Å²) in [5.41, 5.74) is -1.00. The number of carboxylic acids is 1. The quantitative estimate of drug-likeness (QED) is 0.781. The average molecular weight is 281 g/mol. The molecule has 1 heterocycles. The molecule has 5 nitrogen and oxygen atoms in total. The molecule has 1 saturated heterocycles. The molecule has 2 fully saturated rings. The Hall–Kier alpha value is -1.39. The molecule has 20 heavy (non-hydrogen) atoms. The molecule has 5 heteroatoms. The molecule has 0 aromatic carbocycles. The Bertz CT molecular complexity index is 417. The van der Waals surface area contributed by atoms with E-state index in [2.05, 4.69) is 6.92 Å². The highest BCUT2D eigenvalue weighted by atomic mass is 16.4. The summed E-state index contributed by atoms with van der Waals surface area (Å²) >= 11 is 0. The molecule has 2 aliphatic rings. The molecule has 2 rings (SSSR count). The highest BCUT2D eigenvalue weighted by molar-refractivity contribution is 6.05. The number of carbonyl (C=O) groups excluding carboxylic acids is 2. The predicted octanol–water partition coefficient (Wildman–Crippen LogP) is 1.91. The molecule has 0 aromatic rings. The van der Waals surface area contributed by atoms with Crippen molar-refractivity contribution in [3.05, 3.63) is 0 Å². The van der Waals surface area contributed by atoms with Gasteiger partial charge in [-0.05, 0) is 31.6 Å². The Morgan fingerprint density at radius 1 is 1.20 bits per heavy atom. The number of hydrogen-bond donors (Lipinski definition) is 1. The largest absolute Gasteiger partial charge is 0.481 e. The lowest BCUT2D eigenvalue weighted by Gasteiger charge is -2.31. The van der Waals surface area contributed by atoms with Gasteiger partial charge in [-0.25, -0.2) is 0 Å². The molecule has 0 spiro atoms. The fourth-order valence-corrected chi connectivity index (χ4v) is 3.65. The molecule has 1 aliphatic carbocycles. The maximum absolute atomic E-state index is 12.4. The van der Waals surface area contributed by atoms with Crippen LogP contribution in [0.25, 0.3) is 0 Å². The number of hydrogen-bond acceptors (Lipinski definition) is 3. The summed E-state index contributed by atoms with van der Waals surface area (Å²) in [6, 6.07) is 0. The number of imide groups is 1. The smallest absolute Gasteiger partial charge is 0.311 e. The summed E-state index contributed by atoms with van der Waals surface area (Å²) in [5.74, 6) is -1.25. The Balaban J connectivity index is 2.21. The number of aliphatic carboxylic acids is 1. The van der Waals surface area contributed by atoms with Crippen LogP contribution in [0, 0.1) is 23.2 Å². The van der Waals surface area contributed by atoms with Crippen LogP contribution in [0.5, 0.6) is 0 Å². The van der Waals surface area contributed by atoms with E-state index in [4.69, 9.17) is 0 Å². The number of amides is 2. The molecule has 2 amide bonds. The van der Waals surface area contributed by atoms with Gasteiger partial charge in [-0.3, -0.25) is 19.3 Å². The third-order valence-electron chi connectivity index (χ3n) is 5.23. The number of nitrogens with zero attached hydrogens (tertiary/aromatic N) is 1. The fourth-order valence-electron chi connectivity index (χ4n) is 3.65. The Morgan fingerprint density at radius 3 is 2.00 bits per heavy atom.